The molecule has 3 rings (SSSR count). The Morgan fingerprint density at radius 3 is 2.81 bits per heavy atom. The number of carboxylic acid groups (broad SMARTS) is 1. The maximum absolute atomic E-state index is 11.1. The third-order valence-electron chi connectivity index (χ3n) is 3.93. The van der Waals surface area contributed by atoms with Crippen LogP contribution in [0.3, 0.4) is 0 Å². The molecule has 5 nitrogen and oxygen atoms in total. The highest BCUT2D eigenvalue weighted by molar-refractivity contribution is 7.99. The summed E-state index contributed by atoms with van der Waals surface area (Å²) in [6.45, 7) is 6.10. The van der Waals surface area contributed by atoms with E-state index in [0.29, 0.717) is 5.56 Å². The van der Waals surface area contributed by atoms with E-state index in [2.05, 4.69) is 14.5 Å². The largest absolute Gasteiger partial charge is 0.478 e. The number of aromatic carboxylic acids is 1. The van der Waals surface area contributed by atoms with Crippen molar-refractivity contribution in [2.24, 2.45) is 0 Å². The number of aryl methyl sites for hydroxylation is 1. The molecule has 1 aromatic heterocycles. The van der Waals surface area contributed by atoms with Crippen LogP contribution in [0, 0.1) is 6.92 Å². The second kappa shape index (κ2) is 6.07. The molecule has 0 spiro atoms. The molecule has 0 aliphatic carbocycles. The van der Waals surface area contributed by atoms with Crippen LogP contribution in [-0.4, -0.2) is 56.7 Å². The average molecular weight is 305 g/mol. The molecule has 0 saturated carbocycles. The molecule has 112 valence electrons. The maximum atomic E-state index is 11.1. The average Bonchev–Trinajstić information content (AvgIpc) is 2.80. The van der Waals surface area contributed by atoms with E-state index in [4.69, 9.17) is 5.11 Å². The molecule has 2 heterocycles. The number of hydrogen-bond acceptors (Lipinski definition) is 4. The SMILES string of the molecule is Cc1nc2ccc(C(=O)O)cc2n1CCN1CCSCC1. The zero-order chi connectivity index (χ0) is 14.8. The molecule has 1 fully saturated rings. The van der Waals surface area contributed by atoms with Crippen LogP contribution in [0.25, 0.3) is 11.0 Å². The van der Waals surface area contributed by atoms with E-state index in [1.165, 1.54) is 11.5 Å². The van der Waals surface area contributed by atoms with Crippen molar-refractivity contribution in [1.29, 1.82) is 0 Å². The molecule has 0 amide bonds. The first kappa shape index (κ1) is 14.4. The van der Waals surface area contributed by atoms with Crippen molar-refractivity contribution in [3.05, 3.63) is 29.6 Å². The van der Waals surface area contributed by atoms with E-state index in [0.717, 1.165) is 43.0 Å². The topological polar surface area (TPSA) is 58.4 Å². The van der Waals surface area contributed by atoms with Crippen molar-refractivity contribution >= 4 is 28.8 Å². The molecule has 0 atom stereocenters. The highest BCUT2D eigenvalue weighted by Crippen LogP contribution is 2.18. The van der Waals surface area contributed by atoms with Gasteiger partial charge in [0.1, 0.15) is 5.82 Å². The third-order valence-corrected chi connectivity index (χ3v) is 4.87. The van der Waals surface area contributed by atoms with Gasteiger partial charge in [0.05, 0.1) is 16.6 Å². The fourth-order valence-corrected chi connectivity index (χ4v) is 3.70. The zero-order valence-electron chi connectivity index (χ0n) is 12.1. The minimum Gasteiger partial charge on any atom is -0.478 e. The highest BCUT2D eigenvalue weighted by Gasteiger charge is 2.14. The normalized spacial score (nSPS) is 16.4. The van der Waals surface area contributed by atoms with E-state index < -0.39 is 5.97 Å². The Morgan fingerprint density at radius 2 is 2.10 bits per heavy atom. The summed E-state index contributed by atoms with van der Waals surface area (Å²) in [5, 5.41) is 9.14. The van der Waals surface area contributed by atoms with Crippen molar-refractivity contribution in [3.8, 4) is 0 Å². The minimum atomic E-state index is -0.893. The van der Waals surface area contributed by atoms with Crippen molar-refractivity contribution in [2.45, 2.75) is 13.5 Å². The van der Waals surface area contributed by atoms with Gasteiger partial charge in [-0.1, -0.05) is 0 Å². The van der Waals surface area contributed by atoms with Crippen molar-refractivity contribution in [1.82, 2.24) is 14.5 Å². The fourth-order valence-electron chi connectivity index (χ4n) is 2.72. The van der Waals surface area contributed by atoms with Gasteiger partial charge in [-0.15, -0.1) is 0 Å². The number of nitrogens with zero attached hydrogens (tertiary/aromatic N) is 3. The van der Waals surface area contributed by atoms with E-state index in [1.807, 2.05) is 18.7 Å². The summed E-state index contributed by atoms with van der Waals surface area (Å²) in [7, 11) is 0. The first-order valence-corrected chi connectivity index (χ1v) is 8.31. The summed E-state index contributed by atoms with van der Waals surface area (Å²) >= 11 is 2.01. The number of aromatic nitrogens is 2. The lowest BCUT2D eigenvalue weighted by Crippen LogP contribution is -2.35. The van der Waals surface area contributed by atoms with Crippen molar-refractivity contribution < 1.29 is 9.90 Å². The van der Waals surface area contributed by atoms with Crippen LogP contribution < -0.4 is 0 Å². The summed E-state index contributed by atoms with van der Waals surface area (Å²) in [4.78, 5) is 18.1. The number of carboxylic acids is 1. The number of benzene rings is 1. The van der Waals surface area contributed by atoms with Gasteiger partial charge in [-0.2, -0.15) is 11.8 Å². The Hall–Kier alpha value is -1.53. The molecule has 1 aliphatic heterocycles. The zero-order valence-corrected chi connectivity index (χ0v) is 12.9. The number of carbonyl (C=O) groups is 1. The van der Waals surface area contributed by atoms with Crippen LogP contribution in [0.1, 0.15) is 16.2 Å². The number of hydrogen-bond donors (Lipinski definition) is 1. The van der Waals surface area contributed by atoms with Crippen molar-refractivity contribution in [3.63, 3.8) is 0 Å². The lowest BCUT2D eigenvalue weighted by molar-refractivity contribution is 0.0697. The number of thioether (sulfide) groups is 1. The standard InChI is InChI=1S/C15H19N3O2S/c1-11-16-13-3-2-12(15(19)20)10-14(13)18(11)5-4-17-6-8-21-9-7-17/h2-3,10H,4-9H2,1H3,(H,19,20). The molecule has 1 aliphatic rings. The second-order valence-corrected chi connectivity index (χ2v) is 6.50. The molecular weight excluding hydrogens is 286 g/mol. The van der Waals surface area contributed by atoms with Crippen LogP contribution in [0.2, 0.25) is 0 Å². The van der Waals surface area contributed by atoms with Crippen LogP contribution in [0.4, 0.5) is 0 Å². The van der Waals surface area contributed by atoms with Gasteiger partial charge in [0.2, 0.25) is 0 Å². The van der Waals surface area contributed by atoms with Gasteiger partial charge in [-0.25, -0.2) is 9.78 Å². The van der Waals surface area contributed by atoms with Crippen LogP contribution >= 0.6 is 11.8 Å². The highest BCUT2D eigenvalue weighted by atomic mass is 32.2. The summed E-state index contributed by atoms with van der Waals surface area (Å²) in [5.74, 6) is 2.45. The number of imidazole rings is 1. The Labute approximate surface area is 128 Å². The fraction of sp³-hybridized carbons (Fsp3) is 0.467. The van der Waals surface area contributed by atoms with Gasteiger partial charge in [0.25, 0.3) is 0 Å². The first-order valence-electron chi connectivity index (χ1n) is 7.15. The smallest absolute Gasteiger partial charge is 0.335 e. The van der Waals surface area contributed by atoms with Crippen molar-refractivity contribution in [2.75, 3.05) is 31.1 Å². The minimum absolute atomic E-state index is 0.318. The molecule has 1 aromatic carbocycles. The van der Waals surface area contributed by atoms with Crippen LogP contribution in [0.5, 0.6) is 0 Å². The maximum Gasteiger partial charge on any atom is 0.335 e. The predicted octanol–water partition coefficient (Wildman–Crippen LogP) is 2.09. The molecule has 6 heteroatoms. The summed E-state index contributed by atoms with van der Waals surface area (Å²) in [6, 6.07) is 5.13. The Morgan fingerprint density at radius 1 is 1.33 bits per heavy atom. The Bertz CT molecular complexity index is 662. The molecule has 0 bridgehead atoms. The Kier molecular flexibility index (Phi) is 4.17. The quantitative estimate of drug-likeness (QED) is 0.937. The van der Waals surface area contributed by atoms with Gasteiger partial charge in [0.15, 0.2) is 0 Å². The predicted molar refractivity (Wildman–Crippen MR) is 85.2 cm³/mol. The van der Waals surface area contributed by atoms with E-state index in [9.17, 15) is 4.79 Å². The van der Waals surface area contributed by atoms with Gasteiger partial charge in [-0.3, -0.25) is 4.90 Å². The van der Waals surface area contributed by atoms with E-state index in [-0.39, 0.29) is 0 Å². The molecular formula is C15H19N3O2S. The monoisotopic (exact) mass is 305 g/mol. The van der Waals surface area contributed by atoms with Gasteiger partial charge in [-0.05, 0) is 25.1 Å². The molecule has 2 aromatic rings. The Balaban J connectivity index is 1.84. The second-order valence-electron chi connectivity index (χ2n) is 5.27. The van der Waals surface area contributed by atoms with Crippen LogP contribution in [-0.2, 0) is 6.54 Å². The lowest BCUT2D eigenvalue weighted by Gasteiger charge is -2.26. The van der Waals surface area contributed by atoms with Gasteiger partial charge >= 0.3 is 5.97 Å². The van der Waals surface area contributed by atoms with Gasteiger partial charge in [0, 0.05) is 37.7 Å². The summed E-state index contributed by atoms with van der Waals surface area (Å²) < 4.78 is 2.13. The summed E-state index contributed by atoms with van der Waals surface area (Å²) in [5.41, 5.74) is 2.10. The molecule has 1 N–H and O–H groups in total. The first-order chi connectivity index (χ1) is 10.1. The van der Waals surface area contributed by atoms with E-state index in [1.54, 1.807) is 18.2 Å². The van der Waals surface area contributed by atoms with E-state index >= 15 is 0 Å². The molecule has 1 saturated heterocycles. The number of fused-ring (bicyclic) bond motifs is 1. The van der Waals surface area contributed by atoms with Gasteiger partial charge < -0.3 is 9.67 Å². The summed E-state index contributed by atoms with van der Waals surface area (Å²) in [6.07, 6.45) is 0. The number of rotatable bonds is 4. The molecule has 0 unspecified atom stereocenters. The molecule has 0 radical (unpaired) electrons. The lowest BCUT2D eigenvalue weighted by atomic mass is 10.2. The molecule has 21 heavy (non-hydrogen) atoms. The third kappa shape index (κ3) is 3.06. The van der Waals surface area contributed by atoms with Crippen LogP contribution in [0.15, 0.2) is 18.2 Å².